The Balaban J connectivity index is 1.33. The number of hydrogen-bond acceptors (Lipinski definition) is 4. The zero-order chi connectivity index (χ0) is 28.9. The molecule has 0 spiro atoms. The molecule has 0 atom stereocenters. The van der Waals surface area contributed by atoms with Crippen LogP contribution in [0.1, 0.15) is 48.9 Å². The van der Waals surface area contributed by atoms with Gasteiger partial charge in [0.15, 0.2) is 5.65 Å². The second-order valence-corrected chi connectivity index (χ2v) is 12.3. The Bertz CT molecular complexity index is 1600. The van der Waals surface area contributed by atoms with Crippen molar-refractivity contribution >= 4 is 22.8 Å². The van der Waals surface area contributed by atoms with Gasteiger partial charge in [0.1, 0.15) is 23.0 Å². The third kappa shape index (κ3) is 4.20. The van der Waals surface area contributed by atoms with Crippen molar-refractivity contribution in [3.05, 3.63) is 63.9 Å². The summed E-state index contributed by atoms with van der Waals surface area (Å²) in [4.78, 5) is 32.1. The fourth-order valence-electron chi connectivity index (χ4n) is 7.89. The van der Waals surface area contributed by atoms with Gasteiger partial charge in [0.05, 0.1) is 24.2 Å². The average Bonchev–Trinajstić information content (AvgIpc) is 3.10. The summed E-state index contributed by atoms with van der Waals surface area (Å²) in [5.41, 5.74) is -1.94. The maximum absolute atomic E-state index is 15.0. The Morgan fingerprint density at radius 3 is 2.10 bits per heavy atom. The van der Waals surface area contributed by atoms with Crippen molar-refractivity contribution in [3.63, 3.8) is 0 Å². The van der Waals surface area contributed by atoms with Gasteiger partial charge in [0.25, 0.3) is 5.91 Å². The van der Waals surface area contributed by atoms with Crippen molar-refractivity contribution in [2.45, 2.75) is 55.9 Å². The highest BCUT2D eigenvalue weighted by molar-refractivity contribution is 5.98. The maximum atomic E-state index is 15.0. The lowest BCUT2D eigenvalue weighted by atomic mass is 9.53. The van der Waals surface area contributed by atoms with Crippen molar-refractivity contribution in [3.8, 4) is 5.69 Å². The first kappa shape index (κ1) is 26.3. The zero-order valence-electron chi connectivity index (χ0n) is 21.8. The second kappa shape index (κ2) is 8.72. The number of nitrogens with one attached hydrogen (secondary N) is 1. The molecule has 6 nitrogen and oxygen atoms in total. The molecule has 4 aliphatic carbocycles. The molecular weight excluding hydrogens is 550 g/mol. The molecule has 8 rings (SSSR count). The minimum atomic E-state index is -4.30. The number of benzene rings is 1. The predicted octanol–water partition coefficient (Wildman–Crippen LogP) is 5.45. The third-order valence-electron chi connectivity index (χ3n) is 9.30. The summed E-state index contributed by atoms with van der Waals surface area (Å²) in [6.45, 7) is -2.61. The van der Waals surface area contributed by atoms with E-state index in [1.54, 1.807) is 0 Å². The van der Waals surface area contributed by atoms with Gasteiger partial charge in [0.2, 0.25) is 5.43 Å². The van der Waals surface area contributed by atoms with E-state index < -0.39 is 53.4 Å². The van der Waals surface area contributed by atoms with Crippen LogP contribution in [0.2, 0.25) is 0 Å². The van der Waals surface area contributed by atoms with Gasteiger partial charge in [0, 0.05) is 17.8 Å². The lowest BCUT2D eigenvalue weighted by Crippen LogP contribution is -2.60. The van der Waals surface area contributed by atoms with Crippen LogP contribution in [0.3, 0.4) is 0 Å². The normalized spacial score (nSPS) is 29.3. The van der Waals surface area contributed by atoms with E-state index in [1.165, 1.54) is 6.07 Å². The molecule has 3 heterocycles. The minimum absolute atomic E-state index is 0.145. The van der Waals surface area contributed by atoms with Crippen LogP contribution in [0.4, 0.5) is 32.2 Å². The third-order valence-corrected chi connectivity index (χ3v) is 9.30. The lowest BCUT2D eigenvalue weighted by Gasteiger charge is -2.56. The maximum Gasteiger partial charge on any atom is 0.329 e. The summed E-state index contributed by atoms with van der Waals surface area (Å²) in [5.74, 6) is -9.84. The SMILES string of the molecule is O=C(NC12CC3CC(CC(C3)C1)C2)c1cn(-c2ccc(F)cc2F)c2nc(N3CC(F)(F)C(F)(F)C3)ccc2c1=O. The van der Waals surface area contributed by atoms with Gasteiger partial charge in [-0.1, -0.05) is 0 Å². The van der Waals surface area contributed by atoms with Gasteiger partial charge in [-0.3, -0.25) is 14.2 Å². The largest absolute Gasteiger partial charge is 0.346 e. The van der Waals surface area contributed by atoms with Crippen molar-refractivity contribution < 1.29 is 31.1 Å². The minimum Gasteiger partial charge on any atom is -0.346 e. The van der Waals surface area contributed by atoms with Crippen LogP contribution >= 0.6 is 0 Å². The van der Waals surface area contributed by atoms with E-state index >= 15 is 4.39 Å². The molecule has 1 aromatic carbocycles. The van der Waals surface area contributed by atoms with E-state index in [0.29, 0.717) is 28.7 Å². The molecule has 1 aliphatic heterocycles. The zero-order valence-corrected chi connectivity index (χ0v) is 21.8. The number of aromatic nitrogens is 2. The van der Waals surface area contributed by atoms with Crippen molar-refractivity contribution in [1.82, 2.24) is 14.9 Å². The summed E-state index contributed by atoms with van der Waals surface area (Å²) < 4.78 is 85.5. The van der Waals surface area contributed by atoms with Crippen molar-refractivity contribution in [2.24, 2.45) is 17.8 Å². The first-order valence-electron chi connectivity index (χ1n) is 13.7. The standard InChI is InChI=1S/C29H26F6N4O2/c30-18-1-3-22(21(31)8-18)39-12-20(26(41)37-27-9-15-5-16(10-27)7-17(6-15)11-27)24(40)19-2-4-23(36-25(19)39)38-13-28(32,33)29(34,35)14-38/h1-4,8,12,15-17H,5-7,9-11,13-14H2,(H,37,41). The highest BCUT2D eigenvalue weighted by Gasteiger charge is 2.63. The van der Waals surface area contributed by atoms with Crippen LogP contribution in [-0.4, -0.2) is 45.9 Å². The molecule has 216 valence electrons. The Morgan fingerprint density at radius 1 is 0.902 bits per heavy atom. The molecule has 1 N–H and O–H groups in total. The molecular formula is C29H26F6N4O2. The van der Waals surface area contributed by atoms with Gasteiger partial charge >= 0.3 is 11.8 Å². The van der Waals surface area contributed by atoms with Crippen LogP contribution in [0.5, 0.6) is 0 Å². The van der Waals surface area contributed by atoms with E-state index in [2.05, 4.69) is 10.3 Å². The van der Waals surface area contributed by atoms with Crippen molar-refractivity contribution in [2.75, 3.05) is 18.0 Å². The second-order valence-electron chi connectivity index (χ2n) is 12.3. The summed E-state index contributed by atoms with van der Waals surface area (Å²) in [6, 6.07) is 5.02. The number of hydrogen-bond donors (Lipinski definition) is 1. The van der Waals surface area contributed by atoms with E-state index in [-0.39, 0.29) is 28.1 Å². The average molecular weight is 577 g/mol. The number of amides is 1. The van der Waals surface area contributed by atoms with Gasteiger partial charge in [-0.15, -0.1) is 0 Å². The van der Waals surface area contributed by atoms with Crippen LogP contribution in [0.25, 0.3) is 16.7 Å². The molecule has 2 aromatic heterocycles. The number of carbonyl (C=O) groups is 1. The predicted molar refractivity (Wildman–Crippen MR) is 138 cm³/mol. The number of anilines is 1. The van der Waals surface area contributed by atoms with Gasteiger partial charge < -0.3 is 10.2 Å². The number of rotatable bonds is 4. The molecule has 4 bridgehead atoms. The van der Waals surface area contributed by atoms with E-state index in [1.807, 2.05) is 0 Å². The number of nitrogens with zero attached hydrogens (tertiary/aromatic N) is 3. The molecule has 41 heavy (non-hydrogen) atoms. The fraction of sp³-hybridized carbons (Fsp3) is 0.483. The summed E-state index contributed by atoms with van der Waals surface area (Å²) in [7, 11) is 0. The molecule has 4 saturated carbocycles. The molecule has 0 unspecified atom stereocenters. The van der Waals surface area contributed by atoms with E-state index in [0.717, 1.165) is 67.5 Å². The highest BCUT2D eigenvalue weighted by Crippen LogP contribution is 2.55. The number of halogens is 6. The summed E-state index contributed by atoms with van der Waals surface area (Å²) in [6.07, 6.45) is 7.01. The Labute approximate surface area is 230 Å². The molecule has 1 saturated heterocycles. The summed E-state index contributed by atoms with van der Waals surface area (Å²) in [5, 5.41) is 2.98. The Kier molecular flexibility index (Phi) is 5.60. The Morgan fingerprint density at radius 2 is 1.51 bits per heavy atom. The molecule has 5 aliphatic rings. The van der Waals surface area contributed by atoms with Crippen LogP contribution < -0.4 is 15.6 Å². The molecule has 1 amide bonds. The van der Waals surface area contributed by atoms with E-state index in [4.69, 9.17) is 0 Å². The van der Waals surface area contributed by atoms with Crippen LogP contribution in [0.15, 0.2) is 41.3 Å². The summed E-state index contributed by atoms with van der Waals surface area (Å²) >= 11 is 0. The number of carbonyl (C=O) groups excluding carboxylic acids is 1. The number of fused-ring (bicyclic) bond motifs is 1. The topological polar surface area (TPSA) is 67.2 Å². The quantitative estimate of drug-likeness (QED) is 0.420. The van der Waals surface area contributed by atoms with Gasteiger partial charge in [-0.05, 0) is 80.5 Å². The molecule has 3 aromatic rings. The molecule has 0 radical (unpaired) electrons. The van der Waals surface area contributed by atoms with E-state index in [9.17, 15) is 31.5 Å². The van der Waals surface area contributed by atoms with Gasteiger partial charge in [-0.25, -0.2) is 13.8 Å². The van der Waals surface area contributed by atoms with Crippen molar-refractivity contribution in [1.29, 1.82) is 0 Å². The first-order chi connectivity index (χ1) is 19.3. The lowest BCUT2D eigenvalue weighted by molar-refractivity contribution is -0.172. The molecule has 12 heteroatoms. The molecule has 5 fully saturated rings. The van der Waals surface area contributed by atoms with Gasteiger partial charge in [-0.2, -0.15) is 17.6 Å². The Hall–Kier alpha value is -3.57. The number of pyridine rings is 2. The highest BCUT2D eigenvalue weighted by atomic mass is 19.3. The fourth-order valence-corrected chi connectivity index (χ4v) is 7.89. The van der Waals surface area contributed by atoms with Crippen LogP contribution in [-0.2, 0) is 0 Å². The van der Waals surface area contributed by atoms with Crippen LogP contribution in [0, 0.1) is 29.4 Å². The smallest absolute Gasteiger partial charge is 0.329 e. The first-order valence-corrected chi connectivity index (χ1v) is 13.7. The monoisotopic (exact) mass is 576 g/mol. The number of alkyl halides is 4.